The van der Waals surface area contributed by atoms with Crippen LogP contribution in [0.2, 0.25) is 0 Å². The first-order valence-electron chi connectivity index (χ1n) is 5.25. The molecular formula is C11H10N2O4S. The van der Waals surface area contributed by atoms with E-state index < -0.39 is 4.92 Å². The van der Waals surface area contributed by atoms with Crippen molar-refractivity contribution in [1.82, 2.24) is 0 Å². The fourth-order valence-corrected chi connectivity index (χ4v) is 2.95. The number of anilines is 1. The maximum atomic E-state index is 11.9. The number of amides is 1. The average Bonchev–Trinajstić information content (AvgIpc) is 2.28. The summed E-state index contributed by atoms with van der Waals surface area (Å²) in [7, 11) is 0. The van der Waals surface area contributed by atoms with Gasteiger partial charge in [0.1, 0.15) is 0 Å². The van der Waals surface area contributed by atoms with Crippen LogP contribution in [0.1, 0.15) is 23.7 Å². The molecule has 0 radical (unpaired) electrons. The van der Waals surface area contributed by atoms with Crippen molar-refractivity contribution in [1.29, 1.82) is 0 Å². The van der Waals surface area contributed by atoms with Crippen molar-refractivity contribution in [3.05, 3.63) is 27.8 Å². The lowest BCUT2D eigenvalue weighted by atomic mass is 10.0. The number of benzene rings is 1. The number of ketones is 1. The lowest BCUT2D eigenvalue weighted by Gasteiger charge is -2.17. The Labute approximate surface area is 107 Å². The van der Waals surface area contributed by atoms with Crippen LogP contribution in [-0.4, -0.2) is 22.4 Å². The van der Waals surface area contributed by atoms with Gasteiger partial charge in [-0.15, -0.1) is 11.8 Å². The van der Waals surface area contributed by atoms with E-state index in [4.69, 9.17) is 0 Å². The Hall–Kier alpha value is -1.89. The molecule has 2 rings (SSSR count). The Kier molecular flexibility index (Phi) is 3.33. The maximum absolute atomic E-state index is 11.9. The molecule has 1 heterocycles. The lowest BCUT2D eigenvalue weighted by Crippen LogP contribution is -2.16. The van der Waals surface area contributed by atoms with E-state index in [1.807, 2.05) is 0 Å². The quantitative estimate of drug-likeness (QED) is 0.655. The van der Waals surface area contributed by atoms with Gasteiger partial charge in [-0.1, -0.05) is 0 Å². The van der Waals surface area contributed by atoms with Gasteiger partial charge in [0, 0.05) is 25.2 Å². The molecule has 1 aliphatic heterocycles. The van der Waals surface area contributed by atoms with Crippen LogP contribution in [0.5, 0.6) is 0 Å². The fraction of sp³-hybridized carbons (Fsp3) is 0.273. The van der Waals surface area contributed by atoms with Gasteiger partial charge in [-0.05, 0) is 6.07 Å². The summed E-state index contributed by atoms with van der Waals surface area (Å²) in [5.74, 6) is 0.0431. The number of nitrogens with zero attached hydrogens (tertiary/aromatic N) is 1. The van der Waals surface area contributed by atoms with Crippen molar-refractivity contribution in [2.45, 2.75) is 18.2 Å². The molecule has 1 aliphatic rings. The monoisotopic (exact) mass is 266 g/mol. The highest BCUT2D eigenvalue weighted by atomic mass is 32.2. The number of carbonyl (C=O) groups is 2. The number of thioether (sulfide) groups is 1. The molecule has 0 spiro atoms. The second kappa shape index (κ2) is 4.77. The van der Waals surface area contributed by atoms with Crippen molar-refractivity contribution in [2.75, 3.05) is 11.1 Å². The zero-order valence-corrected chi connectivity index (χ0v) is 10.4. The van der Waals surface area contributed by atoms with E-state index in [0.29, 0.717) is 22.8 Å². The van der Waals surface area contributed by atoms with Crippen molar-refractivity contribution in [3.8, 4) is 0 Å². The van der Waals surface area contributed by atoms with Crippen LogP contribution in [-0.2, 0) is 4.79 Å². The summed E-state index contributed by atoms with van der Waals surface area (Å²) in [6, 6.07) is 2.72. The molecule has 94 valence electrons. The first-order chi connectivity index (χ1) is 8.50. The van der Waals surface area contributed by atoms with Gasteiger partial charge >= 0.3 is 0 Å². The van der Waals surface area contributed by atoms with Gasteiger partial charge in [-0.2, -0.15) is 0 Å². The number of hydrogen-bond donors (Lipinski definition) is 1. The van der Waals surface area contributed by atoms with Gasteiger partial charge in [0.25, 0.3) is 5.69 Å². The molecule has 0 bridgehead atoms. The maximum Gasteiger partial charge on any atom is 0.283 e. The number of carbonyl (C=O) groups excluding carboxylic acids is 2. The molecule has 7 heteroatoms. The van der Waals surface area contributed by atoms with Gasteiger partial charge in [0.05, 0.1) is 21.1 Å². The summed E-state index contributed by atoms with van der Waals surface area (Å²) < 4.78 is 0. The van der Waals surface area contributed by atoms with Gasteiger partial charge in [-0.3, -0.25) is 19.7 Å². The third-order valence-electron chi connectivity index (χ3n) is 2.50. The molecule has 1 aromatic rings. The summed E-state index contributed by atoms with van der Waals surface area (Å²) >= 11 is 1.27. The lowest BCUT2D eigenvalue weighted by molar-refractivity contribution is -0.387. The van der Waals surface area contributed by atoms with Crippen LogP contribution in [0.25, 0.3) is 0 Å². The standard InChI is InChI=1S/C11H10N2O4S/c1-6(14)12-7-2-3-8(13(16)17)11-10(7)9(15)4-5-18-11/h2-3H,4-5H2,1H3,(H,12,14). The minimum absolute atomic E-state index is 0.0860. The van der Waals surface area contributed by atoms with Crippen LogP contribution in [0.4, 0.5) is 11.4 Å². The first-order valence-corrected chi connectivity index (χ1v) is 6.24. The van der Waals surface area contributed by atoms with Crippen LogP contribution in [0, 0.1) is 10.1 Å². The number of nitrogens with one attached hydrogen (secondary N) is 1. The van der Waals surface area contributed by atoms with E-state index in [1.54, 1.807) is 0 Å². The van der Waals surface area contributed by atoms with E-state index in [1.165, 1.54) is 30.8 Å². The van der Waals surface area contributed by atoms with E-state index in [0.717, 1.165) is 0 Å². The van der Waals surface area contributed by atoms with Crippen LogP contribution in [0.15, 0.2) is 17.0 Å². The van der Waals surface area contributed by atoms with Crippen LogP contribution < -0.4 is 5.32 Å². The van der Waals surface area contributed by atoms with Gasteiger partial charge in [0.15, 0.2) is 5.78 Å². The zero-order valence-electron chi connectivity index (χ0n) is 9.56. The number of nitro benzene ring substituents is 1. The minimum atomic E-state index is -0.512. The van der Waals surface area contributed by atoms with Crippen molar-refractivity contribution >= 4 is 34.8 Å². The Balaban J connectivity index is 2.62. The highest BCUT2D eigenvalue weighted by Gasteiger charge is 2.29. The Morgan fingerprint density at radius 2 is 2.22 bits per heavy atom. The van der Waals surface area contributed by atoms with E-state index in [-0.39, 0.29) is 22.9 Å². The van der Waals surface area contributed by atoms with Crippen LogP contribution in [0.3, 0.4) is 0 Å². The van der Waals surface area contributed by atoms with E-state index >= 15 is 0 Å². The molecule has 0 saturated carbocycles. The summed E-state index contributed by atoms with van der Waals surface area (Å²) in [6.07, 6.45) is 0.325. The molecular weight excluding hydrogens is 256 g/mol. The largest absolute Gasteiger partial charge is 0.326 e. The summed E-state index contributed by atoms with van der Waals surface area (Å²) in [6.45, 7) is 1.33. The molecule has 18 heavy (non-hydrogen) atoms. The highest BCUT2D eigenvalue weighted by Crippen LogP contribution is 2.40. The summed E-state index contributed by atoms with van der Waals surface area (Å²) in [5, 5.41) is 13.4. The van der Waals surface area contributed by atoms with Gasteiger partial charge in [-0.25, -0.2) is 0 Å². The normalized spacial score (nSPS) is 13.9. The van der Waals surface area contributed by atoms with Gasteiger partial charge < -0.3 is 5.32 Å². The smallest absolute Gasteiger partial charge is 0.283 e. The topological polar surface area (TPSA) is 89.3 Å². The second-order valence-corrected chi connectivity index (χ2v) is 4.90. The number of fused-ring (bicyclic) bond motifs is 1. The molecule has 0 atom stereocenters. The van der Waals surface area contributed by atoms with Gasteiger partial charge in [0.2, 0.25) is 5.91 Å². The Morgan fingerprint density at radius 1 is 1.50 bits per heavy atom. The third-order valence-corrected chi connectivity index (χ3v) is 3.61. The molecule has 0 aromatic heterocycles. The Morgan fingerprint density at radius 3 is 2.83 bits per heavy atom. The van der Waals surface area contributed by atoms with Crippen molar-refractivity contribution in [2.24, 2.45) is 0 Å². The number of nitro groups is 1. The summed E-state index contributed by atoms with van der Waals surface area (Å²) in [4.78, 5) is 33.7. The van der Waals surface area contributed by atoms with Crippen molar-refractivity contribution < 1.29 is 14.5 Å². The van der Waals surface area contributed by atoms with Crippen LogP contribution >= 0.6 is 11.8 Å². The van der Waals surface area contributed by atoms with E-state index in [2.05, 4.69) is 5.32 Å². The predicted octanol–water partition coefficient (Wildman–Crippen LogP) is 2.23. The SMILES string of the molecule is CC(=O)Nc1ccc([N+](=O)[O-])c2c1C(=O)CCS2. The molecule has 1 aromatic carbocycles. The minimum Gasteiger partial charge on any atom is -0.326 e. The molecule has 1 N–H and O–H groups in total. The van der Waals surface area contributed by atoms with E-state index in [9.17, 15) is 19.7 Å². The number of hydrogen-bond acceptors (Lipinski definition) is 5. The molecule has 0 aliphatic carbocycles. The molecule has 1 amide bonds. The zero-order chi connectivity index (χ0) is 13.3. The predicted molar refractivity (Wildman–Crippen MR) is 67.1 cm³/mol. The molecule has 0 unspecified atom stereocenters. The fourth-order valence-electron chi connectivity index (χ4n) is 1.80. The number of rotatable bonds is 2. The first kappa shape index (κ1) is 12.6. The Bertz CT molecular complexity index is 556. The third kappa shape index (κ3) is 2.21. The molecule has 0 saturated heterocycles. The summed E-state index contributed by atoms with van der Waals surface area (Å²) in [5.41, 5.74) is 0.521. The highest BCUT2D eigenvalue weighted by molar-refractivity contribution is 7.99. The molecule has 6 nitrogen and oxygen atoms in total. The average molecular weight is 266 g/mol. The van der Waals surface area contributed by atoms with Crippen molar-refractivity contribution in [3.63, 3.8) is 0 Å². The second-order valence-electron chi connectivity index (χ2n) is 3.80. The molecule has 0 fully saturated rings. The number of Topliss-reactive ketones (excluding diaryl/α,β-unsaturated/α-hetero) is 1.